The van der Waals surface area contributed by atoms with E-state index in [2.05, 4.69) is 10.2 Å². The molecule has 0 bridgehead atoms. The van der Waals surface area contributed by atoms with Crippen LogP contribution in [0, 0.1) is 0 Å². The van der Waals surface area contributed by atoms with Crippen molar-refractivity contribution in [1.29, 1.82) is 0 Å². The summed E-state index contributed by atoms with van der Waals surface area (Å²) in [5.74, 6) is 2.18. The summed E-state index contributed by atoms with van der Waals surface area (Å²) >= 11 is 6.12. The third-order valence-electron chi connectivity index (χ3n) is 3.05. The van der Waals surface area contributed by atoms with E-state index in [4.69, 9.17) is 25.5 Å². The van der Waals surface area contributed by atoms with E-state index in [1.54, 1.807) is 6.07 Å². The summed E-state index contributed by atoms with van der Waals surface area (Å²) < 4.78 is 16.7. The third-order valence-corrected chi connectivity index (χ3v) is 3.38. The van der Waals surface area contributed by atoms with Gasteiger partial charge in [-0.2, -0.15) is 0 Å². The molecule has 3 rings (SSSR count). The number of ether oxygens (including phenoxy) is 2. The molecule has 0 N–H and O–H groups in total. The number of hydrogen-bond donors (Lipinski definition) is 0. The van der Waals surface area contributed by atoms with E-state index in [0.717, 1.165) is 5.75 Å². The van der Waals surface area contributed by atoms with Gasteiger partial charge in [-0.15, -0.1) is 10.2 Å². The van der Waals surface area contributed by atoms with Crippen LogP contribution in [0.15, 0.2) is 52.9 Å². The molecule has 118 valence electrons. The van der Waals surface area contributed by atoms with Crippen molar-refractivity contribution < 1.29 is 13.9 Å². The summed E-state index contributed by atoms with van der Waals surface area (Å²) in [7, 11) is 0. The highest BCUT2D eigenvalue weighted by Gasteiger charge is 2.11. The Hall–Kier alpha value is -2.53. The van der Waals surface area contributed by atoms with E-state index in [0.29, 0.717) is 34.7 Å². The molecule has 0 aliphatic carbocycles. The molecule has 1 aromatic heterocycles. The van der Waals surface area contributed by atoms with Crippen LogP contribution in [-0.2, 0) is 6.61 Å². The van der Waals surface area contributed by atoms with Gasteiger partial charge in [0.05, 0.1) is 17.2 Å². The zero-order valence-corrected chi connectivity index (χ0v) is 13.3. The first-order valence-corrected chi connectivity index (χ1v) is 7.57. The first-order valence-electron chi connectivity index (χ1n) is 7.19. The Bertz CT molecular complexity index is 789. The highest BCUT2D eigenvalue weighted by atomic mass is 35.5. The minimum atomic E-state index is 0.174. The van der Waals surface area contributed by atoms with Gasteiger partial charge >= 0.3 is 0 Å². The number of hydrogen-bond acceptors (Lipinski definition) is 5. The molecule has 6 heteroatoms. The summed E-state index contributed by atoms with van der Waals surface area (Å²) in [6.07, 6.45) is 0. The molecule has 0 radical (unpaired) electrons. The van der Waals surface area contributed by atoms with Crippen LogP contribution in [0.25, 0.3) is 11.5 Å². The second-order valence-electron chi connectivity index (χ2n) is 4.68. The van der Waals surface area contributed by atoms with Crippen molar-refractivity contribution in [2.24, 2.45) is 0 Å². The van der Waals surface area contributed by atoms with Gasteiger partial charge < -0.3 is 13.9 Å². The van der Waals surface area contributed by atoms with Gasteiger partial charge in [-0.25, -0.2) is 0 Å². The van der Waals surface area contributed by atoms with E-state index in [-0.39, 0.29) is 6.61 Å². The Balaban J connectivity index is 1.68. The second kappa shape index (κ2) is 7.15. The van der Waals surface area contributed by atoms with Crippen LogP contribution in [0.3, 0.4) is 0 Å². The first-order chi connectivity index (χ1) is 11.3. The van der Waals surface area contributed by atoms with Gasteiger partial charge in [-0.1, -0.05) is 29.8 Å². The normalized spacial score (nSPS) is 10.5. The van der Waals surface area contributed by atoms with Gasteiger partial charge in [0.1, 0.15) is 11.5 Å². The zero-order valence-electron chi connectivity index (χ0n) is 12.5. The van der Waals surface area contributed by atoms with Gasteiger partial charge in [0.2, 0.25) is 5.89 Å². The molecule has 0 atom stereocenters. The average Bonchev–Trinajstić information content (AvgIpc) is 3.03. The maximum atomic E-state index is 6.12. The standard InChI is InChI=1S/C17H15ClN2O3/c1-2-21-12-6-5-7-13(10-12)22-11-16-19-20-17(23-16)14-8-3-4-9-15(14)18/h3-10H,2,11H2,1H3. The largest absolute Gasteiger partial charge is 0.494 e. The molecule has 0 saturated carbocycles. The van der Waals surface area contributed by atoms with Crippen LogP contribution in [0.5, 0.6) is 11.5 Å². The minimum absolute atomic E-state index is 0.174. The Morgan fingerprint density at radius 2 is 1.78 bits per heavy atom. The lowest BCUT2D eigenvalue weighted by Gasteiger charge is -2.06. The molecule has 0 aliphatic heterocycles. The molecule has 0 amide bonds. The lowest BCUT2D eigenvalue weighted by atomic mass is 10.2. The summed E-state index contributed by atoms with van der Waals surface area (Å²) in [6.45, 7) is 2.71. The van der Waals surface area contributed by atoms with Crippen molar-refractivity contribution >= 4 is 11.6 Å². The fourth-order valence-electron chi connectivity index (χ4n) is 2.02. The quantitative estimate of drug-likeness (QED) is 0.671. The molecule has 5 nitrogen and oxygen atoms in total. The number of aromatic nitrogens is 2. The van der Waals surface area contributed by atoms with Crippen molar-refractivity contribution in [3.8, 4) is 23.0 Å². The van der Waals surface area contributed by atoms with Crippen LogP contribution in [0.2, 0.25) is 5.02 Å². The number of rotatable bonds is 6. The monoisotopic (exact) mass is 330 g/mol. The lowest BCUT2D eigenvalue weighted by molar-refractivity contribution is 0.262. The first kappa shape index (κ1) is 15.4. The fraction of sp³-hybridized carbons (Fsp3) is 0.176. The highest BCUT2D eigenvalue weighted by molar-refractivity contribution is 6.33. The molecular formula is C17H15ClN2O3. The predicted molar refractivity (Wildman–Crippen MR) is 86.7 cm³/mol. The van der Waals surface area contributed by atoms with Crippen LogP contribution < -0.4 is 9.47 Å². The zero-order chi connectivity index (χ0) is 16.1. The van der Waals surface area contributed by atoms with Crippen molar-refractivity contribution in [2.45, 2.75) is 13.5 Å². The molecule has 0 unspecified atom stereocenters. The van der Waals surface area contributed by atoms with Gasteiger partial charge in [0.25, 0.3) is 5.89 Å². The van der Waals surface area contributed by atoms with E-state index in [9.17, 15) is 0 Å². The van der Waals surface area contributed by atoms with E-state index >= 15 is 0 Å². The summed E-state index contributed by atoms with van der Waals surface area (Å²) in [5.41, 5.74) is 0.700. The highest BCUT2D eigenvalue weighted by Crippen LogP contribution is 2.26. The van der Waals surface area contributed by atoms with E-state index < -0.39 is 0 Å². The SMILES string of the molecule is CCOc1cccc(OCc2nnc(-c3ccccc3Cl)o2)c1. The maximum Gasteiger partial charge on any atom is 0.254 e. The predicted octanol–water partition coefficient (Wildman–Crippen LogP) is 4.37. The molecular weight excluding hydrogens is 316 g/mol. The van der Waals surface area contributed by atoms with E-state index in [1.165, 1.54) is 0 Å². The molecule has 2 aromatic carbocycles. The van der Waals surface area contributed by atoms with Crippen molar-refractivity contribution in [3.63, 3.8) is 0 Å². The molecule has 0 spiro atoms. The smallest absolute Gasteiger partial charge is 0.254 e. The average molecular weight is 331 g/mol. The summed E-state index contributed by atoms with van der Waals surface area (Å²) in [6, 6.07) is 14.7. The number of halogens is 1. The van der Waals surface area contributed by atoms with Crippen LogP contribution >= 0.6 is 11.6 Å². The minimum Gasteiger partial charge on any atom is -0.494 e. The molecule has 1 heterocycles. The Labute approximate surface area is 138 Å². The fourth-order valence-corrected chi connectivity index (χ4v) is 2.24. The summed E-state index contributed by atoms with van der Waals surface area (Å²) in [4.78, 5) is 0. The third kappa shape index (κ3) is 3.81. The molecule has 0 fully saturated rings. The Morgan fingerprint density at radius 3 is 2.57 bits per heavy atom. The molecule has 0 aliphatic rings. The van der Waals surface area contributed by atoms with Crippen molar-refractivity contribution in [3.05, 3.63) is 59.4 Å². The van der Waals surface area contributed by atoms with Crippen molar-refractivity contribution in [2.75, 3.05) is 6.61 Å². The van der Waals surface area contributed by atoms with Crippen LogP contribution in [0.4, 0.5) is 0 Å². The Morgan fingerprint density at radius 1 is 1.00 bits per heavy atom. The molecule has 23 heavy (non-hydrogen) atoms. The van der Waals surface area contributed by atoms with Gasteiger partial charge in [-0.3, -0.25) is 0 Å². The van der Waals surface area contributed by atoms with Crippen LogP contribution in [-0.4, -0.2) is 16.8 Å². The van der Waals surface area contributed by atoms with Crippen molar-refractivity contribution in [1.82, 2.24) is 10.2 Å². The topological polar surface area (TPSA) is 57.4 Å². The second-order valence-corrected chi connectivity index (χ2v) is 5.08. The number of nitrogens with zero attached hydrogens (tertiary/aromatic N) is 2. The van der Waals surface area contributed by atoms with Crippen LogP contribution in [0.1, 0.15) is 12.8 Å². The summed E-state index contributed by atoms with van der Waals surface area (Å²) in [5, 5.41) is 8.54. The van der Waals surface area contributed by atoms with Gasteiger partial charge in [-0.05, 0) is 31.2 Å². The van der Waals surface area contributed by atoms with Gasteiger partial charge in [0.15, 0.2) is 6.61 Å². The number of benzene rings is 2. The lowest BCUT2D eigenvalue weighted by Crippen LogP contribution is -1.97. The van der Waals surface area contributed by atoms with E-state index in [1.807, 2.05) is 49.4 Å². The molecule has 3 aromatic rings. The Kier molecular flexibility index (Phi) is 4.78. The van der Waals surface area contributed by atoms with Gasteiger partial charge in [0, 0.05) is 6.07 Å². The maximum absolute atomic E-state index is 6.12. The molecule has 0 saturated heterocycles.